The summed E-state index contributed by atoms with van der Waals surface area (Å²) < 4.78 is 0. The van der Waals surface area contributed by atoms with Crippen molar-refractivity contribution in [2.24, 2.45) is 0 Å². The molecule has 0 radical (unpaired) electrons. The minimum atomic E-state index is -0.0605. The number of nitrogens with one attached hydrogen (secondary N) is 1. The zero-order valence-corrected chi connectivity index (χ0v) is 11.9. The SMILES string of the molecule is CNc1nc(N)c(C(=O)N(CCCO)C2CCC2)s1. The maximum absolute atomic E-state index is 12.5. The van der Waals surface area contributed by atoms with E-state index in [1.807, 2.05) is 4.90 Å². The number of nitrogens with zero attached hydrogens (tertiary/aromatic N) is 2. The number of thiazole rings is 1. The molecule has 0 aromatic carbocycles. The number of nitrogens with two attached hydrogens (primary N) is 1. The third kappa shape index (κ3) is 2.98. The van der Waals surface area contributed by atoms with Crippen LogP contribution in [-0.2, 0) is 0 Å². The lowest BCUT2D eigenvalue weighted by molar-refractivity contribution is 0.0568. The highest BCUT2D eigenvalue weighted by Crippen LogP contribution is 2.31. The number of anilines is 2. The first kappa shape index (κ1) is 14.1. The maximum atomic E-state index is 12.5. The van der Waals surface area contributed by atoms with Gasteiger partial charge < -0.3 is 21.1 Å². The molecule has 1 aliphatic rings. The molecule has 0 unspecified atom stereocenters. The average molecular weight is 284 g/mol. The Morgan fingerprint density at radius 2 is 2.37 bits per heavy atom. The number of carbonyl (C=O) groups is 1. The van der Waals surface area contributed by atoms with Gasteiger partial charge in [-0.05, 0) is 25.7 Å². The summed E-state index contributed by atoms with van der Waals surface area (Å²) in [6.45, 7) is 0.669. The molecule has 0 spiro atoms. The second-order valence-corrected chi connectivity index (χ2v) is 5.64. The first-order valence-electron chi connectivity index (χ1n) is 6.53. The Morgan fingerprint density at radius 3 is 2.84 bits per heavy atom. The number of rotatable bonds is 6. The van der Waals surface area contributed by atoms with Crippen molar-refractivity contribution in [3.63, 3.8) is 0 Å². The third-order valence-corrected chi connectivity index (χ3v) is 4.47. The van der Waals surface area contributed by atoms with Crippen molar-refractivity contribution >= 4 is 28.2 Å². The Balaban J connectivity index is 2.14. The minimum absolute atomic E-state index is 0.0605. The topological polar surface area (TPSA) is 91.5 Å². The number of carbonyl (C=O) groups excluding carboxylic acids is 1. The van der Waals surface area contributed by atoms with Crippen LogP contribution in [-0.4, -0.2) is 47.1 Å². The van der Waals surface area contributed by atoms with E-state index >= 15 is 0 Å². The van der Waals surface area contributed by atoms with E-state index in [0.717, 1.165) is 19.3 Å². The Morgan fingerprint density at radius 1 is 1.63 bits per heavy atom. The molecule has 2 rings (SSSR count). The Labute approximate surface area is 116 Å². The van der Waals surface area contributed by atoms with Crippen molar-refractivity contribution in [3.05, 3.63) is 4.88 Å². The minimum Gasteiger partial charge on any atom is -0.396 e. The maximum Gasteiger partial charge on any atom is 0.268 e. The zero-order valence-electron chi connectivity index (χ0n) is 11.1. The monoisotopic (exact) mass is 284 g/mol. The zero-order chi connectivity index (χ0) is 13.8. The Kier molecular flexibility index (Phi) is 4.60. The lowest BCUT2D eigenvalue weighted by Crippen LogP contribution is -2.44. The second-order valence-electron chi connectivity index (χ2n) is 4.64. The molecule has 7 heteroatoms. The van der Waals surface area contributed by atoms with Gasteiger partial charge in [0.2, 0.25) is 0 Å². The van der Waals surface area contributed by atoms with Gasteiger partial charge in [0.05, 0.1) is 0 Å². The first-order chi connectivity index (χ1) is 9.17. The van der Waals surface area contributed by atoms with Crippen LogP contribution < -0.4 is 11.1 Å². The predicted molar refractivity (Wildman–Crippen MR) is 76.5 cm³/mol. The summed E-state index contributed by atoms with van der Waals surface area (Å²) in [5.74, 6) is 0.224. The molecule has 1 aromatic rings. The number of hydrogen-bond acceptors (Lipinski definition) is 6. The molecule has 1 heterocycles. The number of aliphatic hydroxyl groups is 1. The molecule has 1 aliphatic carbocycles. The van der Waals surface area contributed by atoms with Crippen molar-refractivity contribution < 1.29 is 9.90 Å². The van der Waals surface area contributed by atoms with E-state index in [9.17, 15) is 4.79 Å². The smallest absolute Gasteiger partial charge is 0.268 e. The fourth-order valence-corrected chi connectivity index (χ4v) is 2.91. The molecule has 1 amide bonds. The molecule has 1 saturated carbocycles. The van der Waals surface area contributed by atoms with Crippen LogP contribution in [0.25, 0.3) is 0 Å². The van der Waals surface area contributed by atoms with E-state index in [-0.39, 0.29) is 18.3 Å². The highest BCUT2D eigenvalue weighted by molar-refractivity contribution is 7.18. The number of amides is 1. The molecular formula is C12H20N4O2S. The lowest BCUT2D eigenvalue weighted by atomic mass is 9.91. The van der Waals surface area contributed by atoms with Crippen LogP contribution in [0.4, 0.5) is 10.9 Å². The van der Waals surface area contributed by atoms with E-state index in [2.05, 4.69) is 10.3 Å². The van der Waals surface area contributed by atoms with Crippen LogP contribution in [0.1, 0.15) is 35.4 Å². The van der Waals surface area contributed by atoms with Gasteiger partial charge in [0.15, 0.2) is 5.13 Å². The molecule has 6 nitrogen and oxygen atoms in total. The Bertz CT molecular complexity index is 445. The van der Waals surface area contributed by atoms with E-state index < -0.39 is 0 Å². The predicted octanol–water partition coefficient (Wildman–Crippen LogP) is 1.14. The second kappa shape index (κ2) is 6.21. The van der Waals surface area contributed by atoms with Gasteiger partial charge in [-0.15, -0.1) is 0 Å². The summed E-state index contributed by atoms with van der Waals surface area (Å²) in [6, 6.07) is 0.290. The van der Waals surface area contributed by atoms with Crippen LogP contribution in [0, 0.1) is 0 Å². The quantitative estimate of drug-likeness (QED) is 0.728. The molecular weight excluding hydrogens is 264 g/mol. The summed E-state index contributed by atoms with van der Waals surface area (Å²) in [7, 11) is 1.75. The van der Waals surface area contributed by atoms with E-state index in [1.54, 1.807) is 7.05 Å². The van der Waals surface area contributed by atoms with Crippen LogP contribution in [0.5, 0.6) is 0 Å². The normalized spacial score (nSPS) is 15.1. The van der Waals surface area contributed by atoms with Crippen molar-refractivity contribution in [1.82, 2.24) is 9.88 Å². The number of hydrogen-bond donors (Lipinski definition) is 3. The van der Waals surface area contributed by atoms with Gasteiger partial charge in [-0.2, -0.15) is 0 Å². The van der Waals surface area contributed by atoms with Gasteiger partial charge in [0, 0.05) is 26.2 Å². The molecule has 0 saturated heterocycles. The van der Waals surface area contributed by atoms with E-state index in [1.165, 1.54) is 11.3 Å². The fourth-order valence-electron chi connectivity index (χ4n) is 2.11. The molecule has 106 valence electrons. The highest BCUT2D eigenvalue weighted by Gasteiger charge is 2.31. The molecule has 0 bridgehead atoms. The van der Waals surface area contributed by atoms with Crippen molar-refractivity contribution in [2.45, 2.75) is 31.7 Å². The summed E-state index contributed by atoms with van der Waals surface area (Å²) in [5.41, 5.74) is 5.81. The van der Waals surface area contributed by atoms with Gasteiger partial charge in [-0.1, -0.05) is 11.3 Å². The average Bonchev–Trinajstić information content (AvgIpc) is 2.72. The molecule has 4 N–H and O–H groups in total. The molecule has 19 heavy (non-hydrogen) atoms. The van der Waals surface area contributed by atoms with Gasteiger partial charge in [-0.3, -0.25) is 4.79 Å². The van der Waals surface area contributed by atoms with E-state index in [0.29, 0.717) is 29.0 Å². The largest absolute Gasteiger partial charge is 0.396 e. The molecule has 1 fully saturated rings. The van der Waals surface area contributed by atoms with Crippen LogP contribution >= 0.6 is 11.3 Å². The molecule has 1 aromatic heterocycles. The lowest BCUT2D eigenvalue weighted by Gasteiger charge is -2.37. The summed E-state index contributed by atoms with van der Waals surface area (Å²) in [6.07, 6.45) is 3.83. The summed E-state index contributed by atoms with van der Waals surface area (Å²) in [5, 5.41) is 12.5. The van der Waals surface area contributed by atoms with E-state index in [4.69, 9.17) is 10.8 Å². The molecule has 0 aliphatic heterocycles. The molecule has 0 atom stereocenters. The van der Waals surface area contributed by atoms with Crippen LogP contribution in [0.15, 0.2) is 0 Å². The van der Waals surface area contributed by atoms with Gasteiger partial charge in [-0.25, -0.2) is 4.98 Å². The van der Waals surface area contributed by atoms with Gasteiger partial charge in [0.1, 0.15) is 10.7 Å². The standard InChI is InChI=1S/C12H20N4O2S/c1-14-12-15-10(13)9(19-12)11(18)16(6-3-7-17)8-4-2-5-8/h8,17H,2-7,13H2,1H3,(H,14,15). The number of nitrogen functional groups attached to an aromatic ring is 1. The number of aliphatic hydroxyl groups excluding tert-OH is 1. The van der Waals surface area contributed by atoms with Crippen LogP contribution in [0.2, 0.25) is 0 Å². The summed E-state index contributed by atoms with van der Waals surface area (Å²) in [4.78, 5) is 19.0. The number of aromatic nitrogens is 1. The first-order valence-corrected chi connectivity index (χ1v) is 7.35. The third-order valence-electron chi connectivity index (χ3n) is 3.39. The van der Waals surface area contributed by atoms with Crippen molar-refractivity contribution in [1.29, 1.82) is 0 Å². The van der Waals surface area contributed by atoms with Crippen LogP contribution in [0.3, 0.4) is 0 Å². The van der Waals surface area contributed by atoms with Crippen molar-refractivity contribution in [2.75, 3.05) is 31.2 Å². The Hall–Kier alpha value is -1.34. The van der Waals surface area contributed by atoms with Gasteiger partial charge >= 0.3 is 0 Å². The summed E-state index contributed by atoms with van der Waals surface area (Å²) >= 11 is 1.28. The van der Waals surface area contributed by atoms with Crippen molar-refractivity contribution in [3.8, 4) is 0 Å². The highest BCUT2D eigenvalue weighted by atomic mass is 32.1. The van der Waals surface area contributed by atoms with Gasteiger partial charge in [0.25, 0.3) is 5.91 Å². The fraction of sp³-hybridized carbons (Fsp3) is 0.667.